The zero-order chi connectivity index (χ0) is 14.3. The lowest BCUT2D eigenvalue weighted by Gasteiger charge is -2.29. The van der Waals surface area contributed by atoms with Crippen LogP contribution in [0.4, 0.5) is 0 Å². The van der Waals surface area contributed by atoms with Crippen LogP contribution in [0.2, 0.25) is 0 Å². The first-order valence-electron chi connectivity index (χ1n) is 7.65. The van der Waals surface area contributed by atoms with Gasteiger partial charge in [0.15, 0.2) is 0 Å². The van der Waals surface area contributed by atoms with Crippen molar-refractivity contribution in [2.45, 2.75) is 44.9 Å². The third-order valence-electron chi connectivity index (χ3n) is 4.33. The van der Waals surface area contributed by atoms with Crippen LogP contribution >= 0.6 is 0 Å². The van der Waals surface area contributed by atoms with Crippen molar-refractivity contribution in [3.63, 3.8) is 0 Å². The average Bonchev–Trinajstić information content (AvgIpc) is 2.74. The summed E-state index contributed by atoms with van der Waals surface area (Å²) < 4.78 is 0. The Kier molecular flexibility index (Phi) is 5.53. The van der Waals surface area contributed by atoms with Crippen molar-refractivity contribution in [2.75, 3.05) is 13.1 Å². The van der Waals surface area contributed by atoms with E-state index in [1.807, 2.05) is 18.2 Å². The van der Waals surface area contributed by atoms with E-state index in [1.165, 1.54) is 12.8 Å². The summed E-state index contributed by atoms with van der Waals surface area (Å²) in [5.74, 6) is 0.137. The van der Waals surface area contributed by atoms with Crippen molar-refractivity contribution in [3.05, 3.63) is 30.1 Å². The first-order chi connectivity index (χ1) is 9.77. The molecule has 1 aromatic rings. The van der Waals surface area contributed by atoms with Gasteiger partial charge < -0.3 is 11.1 Å². The van der Waals surface area contributed by atoms with E-state index >= 15 is 0 Å². The molecule has 0 radical (unpaired) electrons. The summed E-state index contributed by atoms with van der Waals surface area (Å²) in [6, 6.07) is 5.85. The molecule has 20 heavy (non-hydrogen) atoms. The van der Waals surface area contributed by atoms with Crippen LogP contribution in [0.3, 0.4) is 0 Å². The number of hydrogen-bond donors (Lipinski definition) is 2. The van der Waals surface area contributed by atoms with Gasteiger partial charge in [0.2, 0.25) is 5.91 Å². The molecule has 1 heterocycles. The highest BCUT2D eigenvalue weighted by molar-refractivity contribution is 5.82. The molecule has 0 unspecified atom stereocenters. The van der Waals surface area contributed by atoms with Gasteiger partial charge in [-0.2, -0.15) is 0 Å². The highest BCUT2D eigenvalue weighted by Gasteiger charge is 2.36. The smallest absolute Gasteiger partial charge is 0.227 e. The molecule has 0 atom stereocenters. The zero-order valence-corrected chi connectivity index (χ0v) is 12.1. The van der Waals surface area contributed by atoms with E-state index in [1.54, 1.807) is 6.20 Å². The minimum Gasteiger partial charge on any atom is -0.355 e. The second-order valence-corrected chi connectivity index (χ2v) is 5.73. The minimum atomic E-state index is -0.333. The predicted octanol–water partition coefficient (Wildman–Crippen LogP) is 2.04. The van der Waals surface area contributed by atoms with Crippen LogP contribution in [-0.4, -0.2) is 24.0 Å². The first-order valence-corrected chi connectivity index (χ1v) is 7.65. The Labute approximate surface area is 121 Å². The molecule has 1 aliphatic rings. The summed E-state index contributed by atoms with van der Waals surface area (Å²) in [6.45, 7) is 1.10. The number of nitrogens with two attached hydrogens (primary N) is 1. The van der Waals surface area contributed by atoms with Gasteiger partial charge in [0.1, 0.15) is 0 Å². The van der Waals surface area contributed by atoms with Crippen molar-refractivity contribution in [1.29, 1.82) is 0 Å². The molecule has 1 fully saturated rings. The molecule has 4 nitrogen and oxygen atoms in total. The van der Waals surface area contributed by atoms with Crippen molar-refractivity contribution in [2.24, 2.45) is 11.1 Å². The molecule has 0 aliphatic heterocycles. The number of carbonyl (C=O) groups excluding carboxylic acids is 1. The molecule has 0 saturated heterocycles. The largest absolute Gasteiger partial charge is 0.355 e. The Hall–Kier alpha value is -1.42. The van der Waals surface area contributed by atoms with Gasteiger partial charge in [-0.15, -0.1) is 0 Å². The molecule has 110 valence electrons. The number of nitrogens with zero attached hydrogens (tertiary/aromatic N) is 1. The molecule has 0 aromatic carbocycles. The number of carbonyl (C=O) groups is 1. The lowest BCUT2D eigenvalue weighted by Crippen LogP contribution is -2.46. The first kappa shape index (κ1) is 15.0. The van der Waals surface area contributed by atoms with E-state index in [9.17, 15) is 4.79 Å². The molecule has 1 amide bonds. The fourth-order valence-electron chi connectivity index (χ4n) is 2.97. The topological polar surface area (TPSA) is 68.0 Å². The van der Waals surface area contributed by atoms with E-state index in [0.29, 0.717) is 13.1 Å². The Morgan fingerprint density at radius 2 is 2.00 bits per heavy atom. The Balaban J connectivity index is 1.86. The van der Waals surface area contributed by atoms with E-state index in [-0.39, 0.29) is 11.3 Å². The maximum atomic E-state index is 12.5. The van der Waals surface area contributed by atoms with Gasteiger partial charge in [0.25, 0.3) is 0 Å². The fourth-order valence-corrected chi connectivity index (χ4v) is 2.97. The SMILES string of the molecule is NCC1(C(=O)NCCc2ccccn2)CCCCCC1. The molecule has 0 bridgehead atoms. The highest BCUT2D eigenvalue weighted by Crippen LogP contribution is 2.34. The maximum absolute atomic E-state index is 12.5. The number of hydrogen-bond acceptors (Lipinski definition) is 3. The molecule has 2 rings (SSSR count). The Bertz CT molecular complexity index is 411. The van der Waals surface area contributed by atoms with Gasteiger partial charge in [0, 0.05) is 31.4 Å². The van der Waals surface area contributed by atoms with Crippen LogP contribution in [0.1, 0.15) is 44.2 Å². The molecule has 1 saturated carbocycles. The van der Waals surface area contributed by atoms with Crippen molar-refractivity contribution < 1.29 is 4.79 Å². The van der Waals surface area contributed by atoms with Gasteiger partial charge >= 0.3 is 0 Å². The normalized spacial score (nSPS) is 18.2. The third-order valence-corrected chi connectivity index (χ3v) is 4.33. The van der Waals surface area contributed by atoms with Crippen LogP contribution in [0.15, 0.2) is 24.4 Å². The summed E-state index contributed by atoms with van der Waals surface area (Å²) in [7, 11) is 0. The third kappa shape index (κ3) is 3.79. The van der Waals surface area contributed by atoms with Crippen molar-refractivity contribution in [1.82, 2.24) is 10.3 Å². The molecule has 0 spiro atoms. The van der Waals surface area contributed by atoms with E-state index in [4.69, 9.17) is 5.73 Å². The molecule has 4 heteroatoms. The molecule has 1 aromatic heterocycles. The van der Waals surface area contributed by atoms with Crippen LogP contribution in [0.5, 0.6) is 0 Å². The monoisotopic (exact) mass is 275 g/mol. The van der Waals surface area contributed by atoms with Crippen LogP contribution < -0.4 is 11.1 Å². The summed E-state index contributed by atoms with van der Waals surface area (Å²) in [4.78, 5) is 16.7. The second kappa shape index (κ2) is 7.39. The summed E-state index contributed by atoms with van der Waals surface area (Å²) in [5.41, 5.74) is 6.60. The lowest BCUT2D eigenvalue weighted by atomic mass is 9.79. The molecule has 3 N–H and O–H groups in total. The highest BCUT2D eigenvalue weighted by atomic mass is 16.2. The van der Waals surface area contributed by atoms with E-state index in [2.05, 4.69) is 10.3 Å². The maximum Gasteiger partial charge on any atom is 0.227 e. The van der Waals surface area contributed by atoms with Crippen LogP contribution in [0, 0.1) is 5.41 Å². The van der Waals surface area contributed by atoms with E-state index < -0.39 is 0 Å². The van der Waals surface area contributed by atoms with Gasteiger partial charge in [-0.25, -0.2) is 0 Å². The number of nitrogens with one attached hydrogen (secondary N) is 1. The number of amides is 1. The Morgan fingerprint density at radius 1 is 1.25 bits per heavy atom. The Morgan fingerprint density at radius 3 is 2.60 bits per heavy atom. The van der Waals surface area contributed by atoms with Gasteiger partial charge in [0.05, 0.1) is 5.41 Å². The van der Waals surface area contributed by atoms with Gasteiger partial charge in [-0.1, -0.05) is 31.7 Å². The summed E-state index contributed by atoms with van der Waals surface area (Å²) >= 11 is 0. The van der Waals surface area contributed by atoms with Gasteiger partial charge in [-0.3, -0.25) is 9.78 Å². The number of pyridine rings is 1. The van der Waals surface area contributed by atoms with Crippen molar-refractivity contribution >= 4 is 5.91 Å². The standard InChI is InChI=1S/C16H25N3O/c17-13-16(9-4-1-2-5-10-16)15(20)19-12-8-14-7-3-6-11-18-14/h3,6-7,11H,1-2,4-5,8-10,12-13,17H2,(H,19,20). The van der Waals surface area contributed by atoms with E-state index in [0.717, 1.165) is 37.8 Å². The lowest BCUT2D eigenvalue weighted by molar-refractivity contribution is -0.131. The molecular formula is C16H25N3O. The fraction of sp³-hybridized carbons (Fsp3) is 0.625. The predicted molar refractivity (Wildman–Crippen MR) is 80.1 cm³/mol. The molecular weight excluding hydrogens is 250 g/mol. The van der Waals surface area contributed by atoms with Crippen LogP contribution in [-0.2, 0) is 11.2 Å². The second-order valence-electron chi connectivity index (χ2n) is 5.73. The summed E-state index contributed by atoms with van der Waals surface area (Å²) in [6.07, 6.45) is 9.09. The van der Waals surface area contributed by atoms with Gasteiger partial charge in [-0.05, 0) is 25.0 Å². The average molecular weight is 275 g/mol. The quantitative estimate of drug-likeness (QED) is 0.808. The summed E-state index contributed by atoms with van der Waals surface area (Å²) in [5, 5.41) is 3.06. The minimum absolute atomic E-state index is 0.137. The number of aromatic nitrogens is 1. The van der Waals surface area contributed by atoms with Crippen molar-refractivity contribution in [3.8, 4) is 0 Å². The molecule has 1 aliphatic carbocycles. The zero-order valence-electron chi connectivity index (χ0n) is 12.1. The number of rotatable bonds is 5. The van der Waals surface area contributed by atoms with Crippen LogP contribution in [0.25, 0.3) is 0 Å².